The highest BCUT2D eigenvalue weighted by Crippen LogP contribution is 2.37. The first-order chi connectivity index (χ1) is 9.85. The zero-order valence-electron chi connectivity index (χ0n) is 12.0. The number of hydrogen-bond acceptors (Lipinski definition) is 2. The Hall–Kier alpha value is -1.39. The Bertz CT molecular complexity index is 699. The molecule has 110 valence electrons. The SMILES string of the molecule is CC1(C)Cc2cc(C(N)c3ccc(Br)cc3F)ccc2O1. The van der Waals surface area contributed by atoms with E-state index in [1.54, 1.807) is 12.1 Å². The Morgan fingerprint density at radius 3 is 2.71 bits per heavy atom. The molecule has 21 heavy (non-hydrogen) atoms. The molecule has 1 aliphatic rings. The van der Waals surface area contributed by atoms with E-state index in [-0.39, 0.29) is 11.4 Å². The number of rotatable bonds is 2. The van der Waals surface area contributed by atoms with Crippen LogP contribution in [-0.2, 0) is 6.42 Å². The highest BCUT2D eigenvalue weighted by molar-refractivity contribution is 9.10. The van der Waals surface area contributed by atoms with Crippen molar-refractivity contribution in [3.63, 3.8) is 0 Å². The zero-order chi connectivity index (χ0) is 15.2. The number of hydrogen-bond donors (Lipinski definition) is 1. The maximum Gasteiger partial charge on any atom is 0.129 e. The van der Waals surface area contributed by atoms with Crippen molar-refractivity contribution in [2.24, 2.45) is 5.73 Å². The second kappa shape index (κ2) is 5.11. The van der Waals surface area contributed by atoms with E-state index in [2.05, 4.69) is 29.8 Å². The largest absolute Gasteiger partial charge is 0.487 e. The van der Waals surface area contributed by atoms with Crippen molar-refractivity contribution in [2.75, 3.05) is 0 Å². The van der Waals surface area contributed by atoms with E-state index >= 15 is 0 Å². The van der Waals surface area contributed by atoms with Crippen molar-refractivity contribution in [2.45, 2.75) is 31.9 Å². The van der Waals surface area contributed by atoms with Crippen LogP contribution in [0.4, 0.5) is 4.39 Å². The number of halogens is 2. The van der Waals surface area contributed by atoms with Gasteiger partial charge in [-0.3, -0.25) is 0 Å². The van der Waals surface area contributed by atoms with E-state index < -0.39 is 6.04 Å². The molecule has 4 heteroatoms. The minimum Gasteiger partial charge on any atom is -0.487 e. The Kier molecular flexibility index (Phi) is 3.54. The first kappa shape index (κ1) is 14.5. The van der Waals surface area contributed by atoms with Crippen molar-refractivity contribution in [3.8, 4) is 5.75 Å². The van der Waals surface area contributed by atoms with Crippen molar-refractivity contribution in [1.29, 1.82) is 0 Å². The average Bonchev–Trinajstić information content (AvgIpc) is 2.70. The highest BCUT2D eigenvalue weighted by atomic mass is 79.9. The number of benzene rings is 2. The Morgan fingerprint density at radius 2 is 2.00 bits per heavy atom. The number of nitrogens with two attached hydrogens (primary N) is 1. The third-order valence-electron chi connectivity index (χ3n) is 3.74. The van der Waals surface area contributed by atoms with Crippen LogP contribution in [0.3, 0.4) is 0 Å². The average molecular weight is 350 g/mol. The molecule has 0 radical (unpaired) electrons. The fourth-order valence-corrected chi connectivity index (χ4v) is 3.09. The van der Waals surface area contributed by atoms with Gasteiger partial charge in [-0.15, -0.1) is 0 Å². The van der Waals surface area contributed by atoms with E-state index in [1.165, 1.54) is 6.07 Å². The fourth-order valence-electron chi connectivity index (χ4n) is 2.76. The summed E-state index contributed by atoms with van der Waals surface area (Å²) in [4.78, 5) is 0. The van der Waals surface area contributed by atoms with Crippen molar-refractivity contribution < 1.29 is 9.13 Å². The molecule has 0 bridgehead atoms. The van der Waals surface area contributed by atoms with Crippen molar-refractivity contribution in [3.05, 3.63) is 63.4 Å². The predicted molar refractivity (Wildman–Crippen MR) is 85.0 cm³/mol. The van der Waals surface area contributed by atoms with Gasteiger partial charge < -0.3 is 10.5 Å². The Morgan fingerprint density at radius 1 is 1.24 bits per heavy atom. The lowest BCUT2D eigenvalue weighted by Gasteiger charge is -2.16. The summed E-state index contributed by atoms with van der Waals surface area (Å²) in [6, 6.07) is 10.3. The molecule has 2 N–H and O–H groups in total. The number of ether oxygens (including phenoxy) is 1. The maximum atomic E-state index is 14.0. The van der Waals surface area contributed by atoms with Gasteiger partial charge >= 0.3 is 0 Å². The third-order valence-corrected chi connectivity index (χ3v) is 4.24. The van der Waals surface area contributed by atoms with Gasteiger partial charge in [-0.2, -0.15) is 0 Å². The summed E-state index contributed by atoms with van der Waals surface area (Å²) in [5, 5.41) is 0. The van der Waals surface area contributed by atoms with E-state index in [0.29, 0.717) is 10.0 Å². The van der Waals surface area contributed by atoms with Gasteiger partial charge in [-0.1, -0.05) is 34.1 Å². The molecule has 1 heterocycles. The maximum absolute atomic E-state index is 14.0. The van der Waals surface area contributed by atoms with E-state index in [4.69, 9.17) is 10.5 Å². The molecule has 3 rings (SSSR count). The van der Waals surface area contributed by atoms with Crippen LogP contribution in [-0.4, -0.2) is 5.60 Å². The molecule has 0 saturated carbocycles. The van der Waals surface area contributed by atoms with E-state index in [1.807, 2.05) is 18.2 Å². The lowest BCUT2D eigenvalue weighted by molar-refractivity contribution is 0.138. The first-order valence-electron chi connectivity index (χ1n) is 6.88. The smallest absolute Gasteiger partial charge is 0.129 e. The highest BCUT2D eigenvalue weighted by Gasteiger charge is 2.30. The van der Waals surface area contributed by atoms with Gasteiger partial charge in [0, 0.05) is 16.5 Å². The monoisotopic (exact) mass is 349 g/mol. The quantitative estimate of drug-likeness (QED) is 0.874. The molecule has 0 saturated heterocycles. The molecule has 1 unspecified atom stereocenters. The predicted octanol–water partition coefficient (Wildman–Crippen LogP) is 4.35. The lowest BCUT2D eigenvalue weighted by Crippen LogP contribution is -2.24. The lowest BCUT2D eigenvalue weighted by atomic mass is 9.95. The molecule has 2 nitrogen and oxygen atoms in total. The molecule has 2 aromatic carbocycles. The summed E-state index contributed by atoms with van der Waals surface area (Å²) in [6.07, 6.45) is 0.839. The van der Waals surface area contributed by atoms with Crippen LogP contribution >= 0.6 is 15.9 Å². The second-order valence-electron chi connectivity index (χ2n) is 6.05. The van der Waals surface area contributed by atoms with E-state index in [0.717, 1.165) is 23.3 Å². The molecular weight excluding hydrogens is 333 g/mol. The van der Waals surface area contributed by atoms with Crippen LogP contribution in [0.5, 0.6) is 5.75 Å². The third kappa shape index (κ3) is 2.83. The molecule has 0 spiro atoms. The van der Waals surface area contributed by atoms with Gasteiger partial charge in [0.05, 0.1) is 6.04 Å². The van der Waals surface area contributed by atoms with E-state index in [9.17, 15) is 4.39 Å². The molecular formula is C17H17BrFNO. The summed E-state index contributed by atoms with van der Waals surface area (Å²) in [5.74, 6) is 0.598. The van der Waals surface area contributed by atoms with Crippen molar-refractivity contribution >= 4 is 15.9 Å². The zero-order valence-corrected chi connectivity index (χ0v) is 13.6. The van der Waals surface area contributed by atoms with Crippen LogP contribution < -0.4 is 10.5 Å². The van der Waals surface area contributed by atoms with Gasteiger partial charge in [0.25, 0.3) is 0 Å². The first-order valence-corrected chi connectivity index (χ1v) is 7.67. The van der Waals surface area contributed by atoms with Gasteiger partial charge in [-0.05, 0) is 43.2 Å². The van der Waals surface area contributed by atoms with Crippen LogP contribution in [0.2, 0.25) is 0 Å². The van der Waals surface area contributed by atoms with Crippen LogP contribution in [0.1, 0.15) is 36.6 Å². The minimum absolute atomic E-state index is 0.187. The molecule has 2 aromatic rings. The van der Waals surface area contributed by atoms with Gasteiger partial charge in [0.2, 0.25) is 0 Å². The Balaban J connectivity index is 1.95. The molecule has 0 aliphatic carbocycles. The summed E-state index contributed by atoms with van der Waals surface area (Å²) < 4.78 is 20.6. The van der Waals surface area contributed by atoms with Gasteiger partial charge in [0.15, 0.2) is 0 Å². The Labute approximate surface area is 132 Å². The normalized spacial score (nSPS) is 17.2. The second-order valence-corrected chi connectivity index (χ2v) is 6.96. The number of fused-ring (bicyclic) bond motifs is 1. The molecule has 0 amide bonds. The topological polar surface area (TPSA) is 35.2 Å². The summed E-state index contributed by atoms with van der Waals surface area (Å²) in [7, 11) is 0. The molecule has 1 aliphatic heterocycles. The summed E-state index contributed by atoms with van der Waals surface area (Å²) in [5.41, 5.74) is 8.57. The molecule has 0 fully saturated rings. The molecule has 1 atom stereocenters. The van der Waals surface area contributed by atoms with Gasteiger partial charge in [-0.25, -0.2) is 4.39 Å². The minimum atomic E-state index is -0.480. The summed E-state index contributed by atoms with van der Waals surface area (Å²) >= 11 is 3.26. The van der Waals surface area contributed by atoms with Crippen LogP contribution in [0.15, 0.2) is 40.9 Å². The standard InChI is InChI=1S/C17H17BrFNO/c1-17(2)9-11-7-10(3-6-15(11)21-17)16(20)13-5-4-12(18)8-14(13)19/h3-8,16H,9,20H2,1-2H3. The fraction of sp³-hybridized carbons (Fsp3) is 0.294. The van der Waals surface area contributed by atoms with Gasteiger partial charge in [0.1, 0.15) is 17.2 Å². The summed E-state index contributed by atoms with van der Waals surface area (Å²) in [6.45, 7) is 4.11. The van der Waals surface area contributed by atoms with Crippen molar-refractivity contribution in [1.82, 2.24) is 0 Å². The van der Waals surface area contributed by atoms with Crippen LogP contribution in [0.25, 0.3) is 0 Å². The molecule has 0 aromatic heterocycles. The van der Waals surface area contributed by atoms with Crippen LogP contribution in [0, 0.1) is 5.82 Å².